The fourth-order valence-corrected chi connectivity index (χ4v) is 3.17. The van der Waals surface area contributed by atoms with Gasteiger partial charge in [0.05, 0.1) is 0 Å². The Bertz CT molecular complexity index is 155. The molecule has 1 aliphatic rings. The van der Waals surface area contributed by atoms with Gasteiger partial charge in [0.1, 0.15) is 0 Å². The van der Waals surface area contributed by atoms with Gasteiger partial charge in [-0.25, -0.2) is 0 Å². The molecule has 0 amide bonds. The molecule has 0 aromatic heterocycles. The van der Waals surface area contributed by atoms with Crippen LogP contribution >= 0.6 is 7.37 Å². The van der Waals surface area contributed by atoms with Gasteiger partial charge in [0.25, 0.3) is 0 Å². The lowest BCUT2D eigenvalue weighted by atomic mass is 9.91. The minimum absolute atomic E-state index is 0.532. The molecule has 0 saturated heterocycles. The van der Waals surface area contributed by atoms with E-state index in [9.17, 15) is 4.57 Å². The molecule has 0 aromatic rings. The Hall–Kier alpha value is 0.190. The average Bonchev–Trinajstić information content (AvgIpc) is 1.85. The van der Waals surface area contributed by atoms with Crippen LogP contribution in [-0.2, 0) is 4.57 Å². The highest BCUT2D eigenvalue weighted by Crippen LogP contribution is 2.41. The molecule has 1 aliphatic carbocycles. The van der Waals surface area contributed by atoms with Gasteiger partial charge in [0.2, 0.25) is 0 Å². The molecule has 1 rings (SSSR count). The highest BCUT2D eigenvalue weighted by molar-refractivity contribution is 7.57. The molecule has 0 heterocycles. The van der Waals surface area contributed by atoms with E-state index in [-0.39, 0.29) is 0 Å². The monoisotopic (exact) mass is 176 g/mol. The van der Waals surface area contributed by atoms with Crippen LogP contribution in [0.15, 0.2) is 0 Å². The molecule has 66 valence electrons. The Morgan fingerprint density at radius 2 is 1.91 bits per heavy atom. The van der Waals surface area contributed by atoms with Crippen LogP contribution in [0, 0.1) is 5.92 Å². The highest BCUT2D eigenvalue weighted by atomic mass is 31.2. The first-order valence-corrected chi connectivity index (χ1v) is 6.66. The second-order valence-electron chi connectivity index (χ2n) is 3.74. The van der Waals surface area contributed by atoms with Gasteiger partial charge in [-0.2, -0.15) is 0 Å². The van der Waals surface area contributed by atoms with Crippen molar-refractivity contribution in [1.29, 1.82) is 0 Å². The third kappa shape index (κ3) is 3.93. The molecule has 0 aliphatic heterocycles. The smallest absolute Gasteiger partial charge is 0.197 e. The van der Waals surface area contributed by atoms with E-state index in [0.717, 1.165) is 0 Å². The fraction of sp³-hybridized carbons (Fsp3) is 1.00. The molecule has 11 heavy (non-hydrogen) atoms. The topological polar surface area (TPSA) is 37.3 Å². The molecular weight excluding hydrogens is 159 g/mol. The highest BCUT2D eigenvalue weighted by Gasteiger charge is 2.20. The van der Waals surface area contributed by atoms with Crippen molar-refractivity contribution in [3.8, 4) is 0 Å². The summed E-state index contributed by atoms with van der Waals surface area (Å²) in [7, 11) is -2.73. The summed E-state index contributed by atoms with van der Waals surface area (Å²) in [5.41, 5.74) is 0. The van der Waals surface area contributed by atoms with Crippen molar-refractivity contribution in [3.63, 3.8) is 0 Å². The molecule has 1 saturated carbocycles. The van der Waals surface area contributed by atoms with Crippen LogP contribution in [0.4, 0.5) is 0 Å². The Labute approximate surface area is 68.5 Å². The minimum atomic E-state index is -2.73. The number of rotatable bonds is 2. The second kappa shape index (κ2) is 3.73. The zero-order valence-electron chi connectivity index (χ0n) is 7.12. The minimum Gasteiger partial charge on any atom is -0.344 e. The van der Waals surface area contributed by atoms with Crippen LogP contribution in [0.2, 0.25) is 0 Å². The van der Waals surface area contributed by atoms with Crippen molar-refractivity contribution in [2.24, 2.45) is 5.92 Å². The Kier molecular flexibility index (Phi) is 3.15. The second-order valence-corrected chi connectivity index (χ2v) is 6.20. The SMILES string of the molecule is CP(=O)(O)CC1CCCCC1. The summed E-state index contributed by atoms with van der Waals surface area (Å²) in [6.07, 6.45) is 6.70. The van der Waals surface area contributed by atoms with Crippen molar-refractivity contribution in [1.82, 2.24) is 0 Å². The van der Waals surface area contributed by atoms with Crippen molar-refractivity contribution in [3.05, 3.63) is 0 Å². The Morgan fingerprint density at radius 1 is 1.36 bits per heavy atom. The molecule has 1 unspecified atom stereocenters. The van der Waals surface area contributed by atoms with Gasteiger partial charge in [-0.1, -0.05) is 19.3 Å². The third-order valence-electron chi connectivity index (χ3n) is 2.32. The average molecular weight is 176 g/mol. The van der Waals surface area contributed by atoms with Crippen molar-refractivity contribution in [2.45, 2.75) is 32.1 Å². The van der Waals surface area contributed by atoms with E-state index in [1.807, 2.05) is 0 Å². The maximum Gasteiger partial charge on any atom is 0.197 e. The van der Waals surface area contributed by atoms with E-state index in [4.69, 9.17) is 4.89 Å². The first-order chi connectivity index (χ1) is 5.08. The van der Waals surface area contributed by atoms with Gasteiger partial charge in [0.15, 0.2) is 7.37 Å². The van der Waals surface area contributed by atoms with Crippen LogP contribution in [0.25, 0.3) is 0 Å². The van der Waals surface area contributed by atoms with E-state index < -0.39 is 7.37 Å². The predicted octanol–water partition coefficient (Wildman–Crippen LogP) is 2.47. The number of hydrogen-bond acceptors (Lipinski definition) is 1. The lowest BCUT2D eigenvalue weighted by Gasteiger charge is -2.22. The van der Waals surface area contributed by atoms with Crippen molar-refractivity contribution in [2.75, 3.05) is 12.8 Å². The summed E-state index contributed by atoms with van der Waals surface area (Å²) in [4.78, 5) is 9.13. The standard InChI is InChI=1S/C8H17O2P/c1-11(9,10)7-8-5-3-2-4-6-8/h8H,2-7H2,1H3,(H,9,10). The summed E-state index contributed by atoms with van der Waals surface area (Å²) in [6.45, 7) is 1.47. The summed E-state index contributed by atoms with van der Waals surface area (Å²) in [5, 5.41) is 0. The maximum absolute atomic E-state index is 11.0. The molecule has 0 radical (unpaired) electrons. The first-order valence-electron chi connectivity index (χ1n) is 4.37. The van der Waals surface area contributed by atoms with E-state index in [2.05, 4.69) is 0 Å². The molecule has 1 N–H and O–H groups in total. The van der Waals surface area contributed by atoms with Gasteiger partial charge in [-0.05, 0) is 18.8 Å². The van der Waals surface area contributed by atoms with Crippen LogP contribution in [0.3, 0.4) is 0 Å². The zero-order chi connectivity index (χ0) is 8.32. The van der Waals surface area contributed by atoms with Crippen LogP contribution in [0.1, 0.15) is 32.1 Å². The molecule has 2 nitrogen and oxygen atoms in total. The molecular formula is C8H17O2P. The lowest BCUT2D eigenvalue weighted by molar-refractivity contribution is 0.374. The van der Waals surface area contributed by atoms with Crippen LogP contribution < -0.4 is 0 Å². The van der Waals surface area contributed by atoms with Gasteiger partial charge < -0.3 is 4.89 Å². The zero-order valence-corrected chi connectivity index (χ0v) is 8.02. The maximum atomic E-state index is 11.0. The van der Waals surface area contributed by atoms with E-state index in [1.165, 1.54) is 38.8 Å². The molecule has 1 fully saturated rings. The molecule has 3 heteroatoms. The van der Waals surface area contributed by atoms with E-state index >= 15 is 0 Å². The lowest BCUT2D eigenvalue weighted by Crippen LogP contribution is -2.10. The summed E-state index contributed by atoms with van der Waals surface area (Å²) < 4.78 is 11.0. The van der Waals surface area contributed by atoms with Gasteiger partial charge in [-0.3, -0.25) is 4.57 Å². The van der Waals surface area contributed by atoms with Crippen LogP contribution in [0.5, 0.6) is 0 Å². The third-order valence-corrected chi connectivity index (χ3v) is 3.52. The normalized spacial score (nSPS) is 26.4. The largest absolute Gasteiger partial charge is 0.344 e. The van der Waals surface area contributed by atoms with Gasteiger partial charge >= 0.3 is 0 Å². The Morgan fingerprint density at radius 3 is 2.36 bits per heavy atom. The summed E-state index contributed by atoms with van der Waals surface area (Å²) in [6, 6.07) is 0. The quantitative estimate of drug-likeness (QED) is 0.656. The molecule has 1 atom stereocenters. The van der Waals surface area contributed by atoms with Gasteiger partial charge in [-0.15, -0.1) is 0 Å². The van der Waals surface area contributed by atoms with Gasteiger partial charge in [0, 0.05) is 12.8 Å². The van der Waals surface area contributed by atoms with Crippen molar-refractivity contribution >= 4 is 7.37 Å². The summed E-state index contributed by atoms with van der Waals surface area (Å²) in [5.74, 6) is 0.532. The summed E-state index contributed by atoms with van der Waals surface area (Å²) >= 11 is 0. The van der Waals surface area contributed by atoms with E-state index in [0.29, 0.717) is 12.1 Å². The first kappa shape index (κ1) is 9.28. The number of hydrogen-bond donors (Lipinski definition) is 1. The van der Waals surface area contributed by atoms with E-state index in [1.54, 1.807) is 0 Å². The predicted molar refractivity (Wildman–Crippen MR) is 47.2 cm³/mol. The molecule has 0 bridgehead atoms. The van der Waals surface area contributed by atoms with Crippen LogP contribution in [-0.4, -0.2) is 17.7 Å². The molecule has 0 spiro atoms. The molecule has 0 aromatic carbocycles. The Balaban J connectivity index is 2.30. The van der Waals surface area contributed by atoms with Crippen molar-refractivity contribution < 1.29 is 9.46 Å². The fourth-order valence-electron chi connectivity index (χ4n) is 1.85.